The molecular formula is C20H24FN5O. The lowest BCUT2D eigenvalue weighted by molar-refractivity contribution is -0.121. The first-order valence-electron chi connectivity index (χ1n) is 9.34. The highest BCUT2D eigenvalue weighted by molar-refractivity contribution is 5.87. The minimum Gasteiger partial charge on any atom is -0.373 e. The van der Waals surface area contributed by atoms with Crippen LogP contribution in [0.3, 0.4) is 0 Å². The van der Waals surface area contributed by atoms with Gasteiger partial charge in [-0.3, -0.25) is 4.79 Å². The third-order valence-corrected chi connectivity index (χ3v) is 5.11. The highest BCUT2D eigenvalue weighted by Gasteiger charge is 2.29. The van der Waals surface area contributed by atoms with Crippen LogP contribution >= 0.6 is 0 Å². The maximum atomic E-state index is 14.1. The van der Waals surface area contributed by atoms with E-state index in [1.807, 2.05) is 25.1 Å². The largest absolute Gasteiger partial charge is 0.373 e. The Hall–Kier alpha value is -2.67. The number of piperazine rings is 1. The number of carbonyl (C=O) groups is 1. The molecule has 0 spiro atoms. The Morgan fingerprint density at radius 2 is 2.15 bits per heavy atom. The summed E-state index contributed by atoms with van der Waals surface area (Å²) in [6.07, 6.45) is 2.15. The van der Waals surface area contributed by atoms with Crippen molar-refractivity contribution in [1.29, 1.82) is 0 Å². The van der Waals surface area contributed by atoms with Gasteiger partial charge in [0.1, 0.15) is 17.7 Å². The predicted octanol–water partition coefficient (Wildman–Crippen LogP) is 1.59. The van der Waals surface area contributed by atoms with E-state index in [-0.39, 0.29) is 11.7 Å². The molecule has 2 aliphatic rings. The van der Waals surface area contributed by atoms with E-state index >= 15 is 0 Å². The number of nitrogens with zero attached hydrogens (tertiary/aromatic N) is 2. The van der Waals surface area contributed by atoms with E-state index in [1.54, 1.807) is 6.20 Å². The molecule has 6 nitrogen and oxygen atoms in total. The van der Waals surface area contributed by atoms with Crippen molar-refractivity contribution in [3.63, 3.8) is 0 Å². The van der Waals surface area contributed by atoms with E-state index in [4.69, 9.17) is 0 Å². The second-order valence-electron chi connectivity index (χ2n) is 7.15. The second kappa shape index (κ2) is 7.52. The van der Waals surface area contributed by atoms with Crippen molar-refractivity contribution < 1.29 is 9.18 Å². The molecule has 4 rings (SSSR count). The fourth-order valence-corrected chi connectivity index (χ4v) is 3.66. The molecule has 0 radical (unpaired) electrons. The number of rotatable bonds is 4. The first-order chi connectivity index (χ1) is 13.1. The van der Waals surface area contributed by atoms with Crippen LogP contribution in [0, 0.1) is 12.7 Å². The fourth-order valence-electron chi connectivity index (χ4n) is 3.66. The van der Waals surface area contributed by atoms with Crippen LogP contribution < -0.4 is 20.9 Å². The van der Waals surface area contributed by atoms with Gasteiger partial charge in [0.15, 0.2) is 0 Å². The average molecular weight is 369 g/mol. The molecule has 0 aliphatic carbocycles. The van der Waals surface area contributed by atoms with Crippen molar-refractivity contribution in [2.24, 2.45) is 0 Å². The molecule has 142 valence electrons. The van der Waals surface area contributed by atoms with Crippen molar-refractivity contribution in [3.05, 3.63) is 53.0 Å². The Balaban J connectivity index is 1.37. The van der Waals surface area contributed by atoms with Gasteiger partial charge in [-0.25, -0.2) is 9.37 Å². The van der Waals surface area contributed by atoms with Gasteiger partial charge in [0.2, 0.25) is 5.91 Å². The zero-order valence-electron chi connectivity index (χ0n) is 15.4. The molecule has 2 aromatic rings. The zero-order valence-corrected chi connectivity index (χ0v) is 15.4. The number of fused-ring (bicyclic) bond motifs is 1. The SMILES string of the molecule is Cc1cc(F)c2c(c1)NC(C(=O)NCc1ccnc(N3CCNCC3)c1)C2. The monoisotopic (exact) mass is 369 g/mol. The number of benzene rings is 1. The Morgan fingerprint density at radius 1 is 1.33 bits per heavy atom. The number of nitrogens with one attached hydrogen (secondary N) is 3. The van der Waals surface area contributed by atoms with Crippen LogP contribution in [0.15, 0.2) is 30.5 Å². The molecule has 1 amide bonds. The summed E-state index contributed by atoms with van der Waals surface area (Å²) in [5.41, 5.74) is 3.16. The summed E-state index contributed by atoms with van der Waals surface area (Å²) in [6, 6.07) is 6.88. The van der Waals surface area contributed by atoms with Crippen LogP contribution in [0.1, 0.15) is 16.7 Å². The molecular weight excluding hydrogens is 345 g/mol. The molecule has 0 bridgehead atoms. The molecule has 1 atom stereocenters. The normalized spacial score (nSPS) is 18.7. The van der Waals surface area contributed by atoms with Gasteiger partial charge in [-0.05, 0) is 42.3 Å². The van der Waals surface area contributed by atoms with Gasteiger partial charge >= 0.3 is 0 Å². The summed E-state index contributed by atoms with van der Waals surface area (Å²) in [5, 5.41) is 9.42. The van der Waals surface area contributed by atoms with Crippen LogP contribution in [-0.4, -0.2) is 43.1 Å². The first-order valence-corrected chi connectivity index (χ1v) is 9.34. The maximum Gasteiger partial charge on any atom is 0.243 e. The van der Waals surface area contributed by atoms with Crippen molar-refractivity contribution in [1.82, 2.24) is 15.6 Å². The number of aryl methyl sites for hydroxylation is 1. The highest BCUT2D eigenvalue weighted by Crippen LogP contribution is 2.29. The average Bonchev–Trinajstić information content (AvgIpc) is 3.11. The summed E-state index contributed by atoms with van der Waals surface area (Å²) >= 11 is 0. The van der Waals surface area contributed by atoms with Crippen molar-refractivity contribution >= 4 is 17.4 Å². The van der Waals surface area contributed by atoms with Gasteiger partial charge in [-0.15, -0.1) is 0 Å². The molecule has 7 heteroatoms. The van der Waals surface area contributed by atoms with Crippen molar-refractivity contribution in [2.45, 2.75) is 25.9 Å². The molecule has 1 aromatic carbocycles. The molecule has 3 N–H and O–H groups in total. The summed E-state index contributed by atoms with van der Waals surface area (Å²) in [4.78, 5) is 19.2. The molecule has 1 unspecified atom stereocenters. The van der Waals surface area contributed by atoms with Crippen LogP contribution in [-0.2, 0) is 17.8 Å². The van der Waals surface area contributed by atoms with Crippen LogP contribution in [0.5, 0.6) is 0 Å². The first kappa shape index (κ1) is 17.7. The Labute approximate surface area is 158 Å². The molecule has 1 fully saturated rings. The summed E-state index contributed by atoms with van der Waals surface area (Å²) < 4.78 is 14.1. The number of amides is 1. The third kappa shape index (κ3) is 3.88. The van der Waals surface area contributed by atoms with Gasteiger partial charge in [-0.1, -0.05) is 0 Å². The lowest BCUT2D eigenvalue weighted by atomic mass is 10.1. The van der Waals surface area contributed by atoms with Crippen molar-refractivity contribution in [3.8, 4) is 0 Å². The van der Waals surface area contributed by atoms with E-state index in [9.17, 15) is 9.18 Å². The second-order valence-corrected chi connectivity index (χ2v) is 7.15. The molecule has 27 heavy (non-hydrogen) atoms. The fraction of sp³-hybridized carbons (Fsp3) is 0.400. The van der Waals surface area contributed by atoms with E-state index in [0.29, 0.717) is 18.5 Å². The zero-order chi connectivity index (χ0) is 18.8. The van der Waals surface area contributed by atoms with E-state index in [1.165, 1.54) is 6.07 Å². The standard InChI is InChI=1S/C20H24FN5O/c1-13-8-16(21)15-11-18(25-17(15)9-13)20(27)24-12-14-2-3-23-19(10-14)26-6-4-22-5-7-26/h2-3,8-10,18,22,25H,4-7,11-12H2,1H3,(H,24,27). The molecule has 3 heterocycles. The van der Waals surface area contributed by atoms with Gasteiger partial charge in [0, 0.05) is 56.6 Å². The van der Waals surface area contributed by atoms with E-state index < -0.39 is 6.04 Å². The maximum absolute atomic E-state index is 14.1. The number of hydrogen-bond donors (Lipinski definition) is 3. The summed E-state index contributed by atoms with van der Waals surface area (Å²) in [7, 11) is 0. The summed E-state index contributed by atoms with van der Waals surface area (Å²) in [5.74, 6) is 0.568. The van der Waals surface area contributed by atoms with Gasteiger partial charge in [0.25, 0.3) is 0 Å². The van der Waals surface area contributed by atoms with Gasteiger partial charge in [0.05, 0.1) is 0 Å². The minimum absolute atomic E-state index is 0.121. The van der Waals surface area contributed by atoms with E-state index in [2.05, 4.69) is 25.8 Å². The quantitative estimate of drug-likeness (QED) is 0.764. The molecule has 2 aliphatic heterocycles. The van der Waals surface area contributed by atoms with Gasteiger partial charge < -0.3 is 20.9 Å². The van der Waals surface area contributed by atoms with Crippen molar-refractivity contribution in [2.75, 3.05) is 36.4 Å². The van der Waals surface area contributed by atoms with Crippen LogP contribution in [0.25, 0.3) is 0 Å². The predicted molar refractivity (Wildman–Crippen MR) is 103 cm³/mol. The van der Waals surface area contributed by atoms with Crippen LogP contribution in [0.4, 0.5) is 15.9 Å². The smallest absolute Gasteiger partial charge is 0.243 e. The number of anilines is 2. The highest BCUT2D eigenvalue weighted by atomic mass is 19.1. The molecule has 0 saturated carbocycles. The number of carbonyl (C=O) groups excluding carboxylic acids is 1. The Kier molecular flexibility index (Phi) is 4.94. The molecule has 1 saturated heterocycles. The van der Waals surface area contributed by atoms with Gasteiger partial charge in [-0.2, -0.15) is 0 Å². The lowest BCUT2D eigenvalue weighted by Gasteiger charge is -2.28. The Bertz CT molecular complexity index is 850. The number of halogens is 1. The number of aromatic nitrogens is 1. The Morgan fingerprint density at radius 3 is 2.96 bits per heavy atom. The third-order valence-electron chi connectivity index (χ3n) is 5.11. The van der Waals surface area contributed by atoms with Crippen LogP contribution in [0.2, 0.25) is 0 Å². The molecule has 1 aromatic heterocycles. The number of hydrogen-bond acceptors (Lipinski definition) is 5. The minimum atomic E-state index is -0.439. The van der Waals surface area contributed by atoms with E-state index in [0.717, 1.165) is 48.8 Å². The summed E-state index contributed by atoms with van der Waals surface area (Å²) in [6.45, 7) is 6.03. The number of pyridine rings is 1. The topological polar surface area (TPSA) is 69.3 Å². The lowest BCUT2D eigenvalue weighted by Crippen LogP contribution is -2.44.